The van der Waals surface area contributed by atoms with E-state index in [4.69, 9.17) is 4.74 Å². The topological polar surface area (TPSA) is 96.0 Å². The van der Waals surface area contributed by atoms with Crippen LogP contribution in [-0.2, 0) is 17.6 Å². The highest BCUT2D eigenvalue weighted by Crippen LogP contribution is 2.42. The summed E-state index contributed by atoms with van der Waals surface area (Å²) in [6.45, 7) is 4.36. The van der Waals surface area contributed by atoms with Crippen LogP contribution < -0.4 is 10.1 Å². The van der Waals surface area contributed by atoms with Gasteiger partial charge in [-0.15, -0.1) is 11.3 Å². The molecule has 4 aromatic rings. The Bertz CT molecular complexity index is 1330. The number of hydrogen-bond donors (Lipinski definition) is 2. The van der Waals surface area contributed by atoms with Crippen LogP contribution in [-0.4, -0.2) is 50.7 Å². The Morgan fingerprint density at radius 2 is 2.25 bits per heavy atom. The first-order chi connectivity index (χ1) is 15.7. The average molecular weight is 449 g/mol. The molecule has 0 saturated carbocycles. The molecule has 6 rings (SSSR count). The van der Waals surface area contributed by atoms with E-state index in [9.17, 15) is 4.79 Å². The predicted octanol–water partition coefficient (Wildman–Crippen LogP) is 4.05. The van der Waals surface area contributed by atoms with Gasteiger partial charge >= 0.3 is 0 Å². The summed E-state index contributed by atoms with van der Waals surface area (Å²) in [5.41, 5.74) is 3.06. The van der Waals surface area contributed by atoms with Crippen LogP contribution in [0.25, 0.3) is 21.1 Å². The van der Waals surface area contributed by atoms with E-state index in [1.165, 1.54) is 10.4 Å². The van der Waals surface area contributed by atoms with Crippen LogP contribution in [0.5, 0.6) is 5.75 Å². The molecule has 1 fully saturated rings. The molecule has 2 N–H and O–H groups in total. The van der Waals surface area contributed by atoms with Gasteiger partial charge in [0.2, 0.25) is 5.91 Å². The Morgan fingerprint density at radius 3 is 3.06 bits per heavy atom. The van der Waals surface area contributed by atoms with E-state index in [1.807, 2.05) is 24.0 Å². The van der Waals surface area contributed by atoms with Gasteiger partial charge in [0.1, 0.15) is 22.7 Å². The first-order valence-electron chi connectivity index (χ1n) is 11.1. The number of carbonyl (C=O) groups excluding carboxylic acids is 1. The molecule has 1 aromatic carbocycles. The number of aromatic amines is 1. The Kier molecular flexibility index (Phi) is 4.71. The van der Waals surface area contributed by atoms with Gasteiger partial charge < -0.3 is 15.0 Å². The molecule has 1 amide bonds. The van der Waals surface area contributed by atoms with Gasteiger partial charge in [0.15, 0.2) is 0 Å². The fourth-order valence-electron chi connectivity index (χ4n) is 4.68. The number of likely N-dealkylation sites (tertiary alicyclic amines) is 1. The number of benzene rings is 1. The lowest BCUT2D eigenvalue weighted by Gasteiger charge is -2.35. The van der Waals surface area contributed by atoms with Gasteiger partial charge in [-0.05, 0) is 44.2 Å². The molecule has 1 atom stereocenters. The third kappa shape index (κ3) is 3.19. The second-order valence-electron chi connectivity index (χ2n) is 8.39. The van der Waals surface area contributed by atoms with Crippen molar-refractivity contribution in [2.45, 2.75) is 32.6 Å². The lowest BCUT2D eigenvalue weighted by Crippen LogP contribution is -2.46. The Balaban J connectivity index is 1.36. The zero-order chi connectivity index (χ0) is 21.7. The lowest BCUT2D eigenvalue weighted by atomic mass is 9.86. The van der Waals surface area contributed by atoms with Crippen molar-refractivity contribution in [2.75, 3.05) is 25.0 Å². The van der Waals surface area contributed by atoms with Crippen molar-refractivity contribution in [3.63, 3.8) is 0 Å². The molecule has 9 heteroatoms. The van der Waals surface area contributed by atoms with Gasteiger partial charge in [-0.1, -0.05) is 0 Å². The van der Waals surface area contributed by atoms with Crippen molar-refractivity contribution < 1.29 is 9.53 Å². The standard InChI is InChI=1S/C23H24N6O2S/c1-2-31-18-10-16-14(11-26-28-16)8-17(18)27-21-20-15-5-4-13(23(30)29-6-3-7-29)9-19(15)32-22(20)25-12-24-21/h8,10-13H,2-7,9H2,1H3,(H,26,28)(H,24,25,27). The summed E-state index contributed by atoms with van der Waals surface area (Å²) < 4.78 is 5.88. The normalized spacial score (nSPS) is 17.9. The summed E-state index contributed by atoms with van der Waals surface area (Å²) in [7, 11) is 0. The van der Waals surface area contributed by atoms with Crippen molar-refractivity contribution in [3.05, 3.63) is 35.1 Å². The number of anilines is 2. The van der Waals surface area contributed by atoms with Gasteiger partial charge in [0.05, 0.1) is 29.4 Å². The van der Waals surface area contributed by atoms with Crippen molar-refractivity contribution >= 4 is 49.9 Å². The van der Waals surface area contributed by atoms with Crippen LogP contribution in [0.2, 0.25) is 0 Å². The number of H-pyrrole nitrogens is 1. The predicted molar refractivity (Wildman–Crippen MR) is 125 cm³/mol. The van der Waals surface area contributed by atoms with Crippen LogP contribution in [0.4, 0.5) is 11.5 Å². The second kappa shape index (κ2) is 7.74. The van der Waals surface area contributed by atoms with Crippen LogP contribution in [0.3, 0.4) is 0 Å². The van der Waals surface area contributed by atoms with E-state index in [0.29, 0.717) is 12.5 Å². The molecular formula is C23H24N6O2S. The Hall–Kier alpha value is -3.20. The number of carbonyl (C=O) groups is 1. The third-order valence-corrected chi connectivity index (χ3v) is 7.62. The summed E-state index contributed by atoms with van der Waals surface area (Å²) in [6, 6.07) is 3.99. The molecule has 0 bridgehead atoms. The summed E-state index contributed by atoms with van der Waals surface area (Å²) in [4.78, 5) is 26.1. The van der Waals surface area contributed by atoms with Crippen molar-refractivity contribution in [3.8, 4) is 5.75 Å². The molecule has 1 aliphatic heterocycles. The molecule has 1 unspecified atom stereocenters. The maximum atomic E-state index is 12.8. The van der Waals surface area contributed by atoms with Crippen molar-refractivity contribution in [1.82, 2.24) is 25.1 Å². The first kappa shape index (κ1) is 19.5. The van der Waals surface area contributed by atoms with Crippen LogP contribution >= 0.6 is 11.3 Å². The number of ether oxygens (including phenoxy) is 1. The maximum absolute atomic E-state index is 12.8. The minimum absolute atomic E-state index is 0.0910. The van der Waals surface area contributed by atoms with Gasteiger partial charge in [-0.3, -0.25) is 9.89 Å². The van der Waals surface area contributed by atoms with Crippen molar-refractivity contribution in [2.24, 2.45) is 5.92 Å². The monoisotopic (exact) mass is 448 g/mol. The Labute approximate surface area is 189 Å². The first-order valence-corrected chi connectivity index (χ1v) is 11.9. The van der Waals surface area contributed by atoms with Crippen molar-refractivity contribution in [1.29, 1.82) is 0 Å². The third-order valence-electron chi connectivity index (χ3n) is 6.46. The number of thiophene rings is 1. The molecule has 164 valence electrons. The number of aryl methyl sites for hydroxylation is 1. The summed E-state index contributed by atoms with van der Waals surface area (Å²) in [5.74, 6) is 1.94. The van der Waals surface area contributed by atoms with E-state index in [2.05, 4.69) is 25.5 Å². The number of aromatic nitrogens is 4. The molecule has 32 heavy (non-hydrogen) atoms. The molecule has 3 aromatic heterocycles. The smallest absolute Gasteiger partial charge is 0.226 e. The van der Waals surface area contributed by atoms with Gasteiger partial charge in [0, 0.05) is 35.3 Å². The fraction of sp³-hybridized carbons (Fsp3) is 0.391. The van der Waals surface area contributed by atoms with E-state index in [1.54, 1.807) is 23.9 Å². The highest BCUT2D eigenvalue weighted by atomic mass is 32.1. The molecular weight excluding hydrogens is 424 g/mol. The second-order valence-corrected chi connectivity index (χ2v) is 9.47. The quantitative estimate of drug-likeness (QED) is 0.478. The van der Waals surface area contributed by atoms with E-state index in [0.717, 1.165) is 77.1 Å². The number of amides is 1. The zero-order valence-electron chi connectivity index (χ0n) is 17.9. The van der Waals surface area contributed by atoms with E-state index < -0.39 is 0 Å². The van der Waals surface area contributed by atoms with Gasteiger partial charge in [-0.2, -0.15) is 5.10 Å². The summed E-state index contributed by atoms with van der Waals surface area (Å²) in [6.07, 6.45) is 7.09. The fourth-order valence-corrected chi connectivity index (χ4v) is 5.95. The Morgan fingerprint density at radius 1 is 1.34 bits per heavy atom. The van der Waals surface area contributed by atoms with Crippen LogP contribution in [0.1, 0.15) is 30.2 Å². The number of nitrogens with one attached hydrogen (secondary N) is 2. The lowest BCUT2D eigenvalue weighted by molar-refractivity contribution is -0.139. The molecule has 0 spiro atoms. The molecule has 8 nitrogen and oxygen atoms in total. The number of nitrogens with zero attached hydrogens (tertiary/aromatic N) is 4. The summed E-state index contributed by atoms with van der Waals surface area (Å²) >= 11 is 1.69. The number of fused-ring (bicyclic) bond motifs is 4. The van der Waals surface area contributed by atoms with Crippen LogP contribution in [0, 0.1) is 5.92 Å². The molecule has 2 aliphatic rings. The average Bonchev–Trinajstić information content (AvgIpc) is 3.36. The number of rotatable bonds is 5. The largest absolute Gasteiger partial charge is 0.492 e. The minimum Gasteiger partial charge on any atom is -0.492 e. The molecule has 0 radical (unpaired) electrons. The van der Waals surface area contributed by atoms with E-state index in [-0.39, 0.29) is 5.92 Å². The molecule has 4 heterocycles. The van der Waals surface area contributed by atoms with Gasteiger partial charge in [-0.25, -0.2) is 9.97 Å². The SMILES string of the molecule is CCOc1cc2[nH]ncc2cc1Nc1ncnc2sc3c(c12)CCC(C(=O)N1CCC1)C3. The van der Waals surface area contributed by atoms with E-state index >= 15 is 0 Å². The zero-order valence-corrected chi connectivity index (χ0v) is 18.7. The minimum atomic E-state index is 0.0910. The maximum Gasteiger partial charge on any atom is 0.226 e. The molecule has 1 aliphatic carbocycles. The van der Waals surface area contributed by atoms with Crippen LogP contribution in [0.15, 0.2) is 24.7 Å². The summed E-state index contributed by atoms with van der Waals surface area (Å²) in [5, 5.41) is 12.7. The molecule has 1 saturated heterocycles. The number of hydrogen-bond acceptors (Lipinski definition) is 7. The highest BCUT2D eigenvalue weighted by molar-refractivity contribution is 7.19. The van der Waals surface area contributed by atoms with Gasteiger partial charge in [0.25, 0.3) is 0 Å². The highest BCUT2D eigenvalue weighted by Gasteiger charge is 2.33.